The maximum Gasteiger partial charge on any atom is 0.106 e. The van der Waals surface area contributed by atoms with Crippen molar-refractivity contribution < 1.29 is 4.74 Å². The monoisotopic (exact) mass is 176 g/mol. The van der Waals surface area contributed by atoms with Gasteiger partial charge >= 0.3 is 0 Å². The molecule has 3 rings (SSSR count). The number of ether oxygens (including phenoxy) is 1. The van der Waals surface area contributed by atoms with Gasteiger partial charge < -0.3 is 4.74 Å². The summed E-state index contributed by atoms with van der Waals surface area (Å²) in [5, 5.41) is 3.47. The Hall–Kier alpha value is -0.860. The summed E-state index contributed by atoms with van der Waals surface area (Å²) in [5.74, 6) is 0. The topological polar surface area (TPSA) is 12.5 Å². The van der Waals surface area contributed by atoms with E-state index in [1.807, 2.05) is 0 Å². The molecule has 0 aliphatic carbocycles. The second-order valence-corrected chi connectivity index (χ2v) is 3.99. The molecule has 1 aliphatic rings. The fourth-order valence-corrected chi connectivity index (χ4v) is 2.20. The summed E-state index contributed by atoms with van der Waals surface area (Å²) in [6, 6.07) is 8.73. The lowest BCUT2D eigenvalue weighted by Gasteiger charge is -1.94. The summed E-state index contributed by atoms with van der Waals surface area (Å²) in [6.45, 7) is 0.898. The molecule has 0 spiro atoms. The van der Waals surface area contributed by atoms with Gasteiger partial charge in [-0.05, 0) is 34.5 Å². The minimum atomic E-state index is 0.384. The van der Waals surface area contributed by atoms with Gasteiger partial charge in [-0.25, -0.2) is 0 Å². The van der Waals surface area contributed by atoms with Gasteiger partial charge in [0, 0.05) is 4.70 Å². The molecule has 1 atom stereocenters. The van der Waals surface area contributed by atoms with Crippen molar-refractivity contribution in [2.24, 2.45) is 0 Å². The van der Waals surface area contributed by atoms with Gasteiger partial charge in [-0.15, -0.1) is 11.3 Å². The van der Waals surface area contributed by atoms with Crippen molar-refractivity contribution >= 4 is 21.4 Å². The maximum absolute atomic E-state index is 5.22. The molecule has 0 bridgehead atoms. The SMILES string of the molecule is c1cc2cc([C@H]3CO3)ccc2s1. The fraction of sp³-hybridized carbons (Fsp3) is 0.200. The standard InChI is InChI=1S/C10H8OS/c1-2-10-8(3-4-12-10)5-7(1)9-6-11-9/h1-5,9H,6H2/t9-/m1/s1. The Kier molecular flexibility index (Phi) is 1.28. The number of hydrogen-bond donors (Lipinski definition) is 0. The summed E-state index contributed by atoms with van der Waals surface area (Å²) in [7, 11) is 0. The molecule has 1 nitrogen and oxygen atoms in total. The molecule has 2 heteroatoms. The quantitative estimate of drug-likeness (QED) is 0.608. The summed E-state index contributed by atoms with van der Waals surface area (Å²) in [4.78, 5) is 0. The molecule has 1 aliphatic heterocycles. The van der Waals surface area contributed by atoms with E-state index in [0.29, 0.717) is 6.10 Å². The van der Waals surface area contributed by atoms with Crippen LogP contribution in [0.15, 0.2) is 29.6 Å². The molecule has 12 heavy (non-hydrogen) atoms. The third-order valence-electron chi connectivity index (χ3n) is 2.18. The predicted octanol–water partition coefficient (Wildman–Crippen LogP) is 2.97. The highest BCUT2D eigenvalue weighted by molar-refractivity contribution is 7.17. The first kappa shape index (κ1) is 6.63. The Labute approximate surface area is 74.6 Å². The van der Waals surface area contributed by atoms with Gasteiger partial charge in [-0.1, -0.05) is 6.07 Å². The summed E-state index contributed by atoms with van der Waals surface area (Å²) < 4.78 is 6.58. The lowest BCUT2D eigenvalue weighted by molar-refractivity contribution is 0.416. The van der Waals surface area contributed by atoms with Crippen LogP contribution in [0.25, 0.3) is 10.1 Å². The zero-order valence-electron chi connectivity index (χ0n) is 6.49. The van der Waals surface area contributed by atoms with E-state index in [1.165, 1.54) is 15.6 Å². The van der Waals surface area contributed by atoms with E-state index in [4.69, 9.17) is 4.74 Å². The second kappa shape index (κ2) is 2.31. The third-order valence-corrected chi connectivity index (χ3v) is 3.08. The van der Waals surface area contributed by atoms with Crippen LogP contribution in [-0.4, -0.2) is 6.61 Å². The van der Waals surface area contributed by atoms with Crippen molar-refractivity contribution in [3.05, 3.63) is 35.2 Å². The highest BCUT2D eigenvalue weighted by atomic mass is 32.1. The highest BCUT2D eigenvalue weighted by Crippen LogP contribution is 2.32. The van der Waals surface area contributed by atoms with E-state index in [1.54, 1.807) is 11.3 Å². The number of hydrogen-bond acceptors (Lipinski definition) is 2. The van der Waals surface area contributed by atoms with Gasteiger partial charge in [0.05, 0.1) is 6.61 Å². The van der Waals surface area contributed by atoms with E-state index in [9.17, 15) is 0 Å². The van der Waals surface area contributed by atoms with Crippen LogP contribution >= 0.6 is 11.3 Å². The largest absolute Gasteiger partial charge is 0.368 e. The molecular weight excluding hydrogens is 168 g/mol. The van der Waals surface area contributed by atoms with Crippen LogP contribution < -0.4 is 0 Å². The first-order valence-corrected chi connectivity index (χ1v) is 4.90. The van der Waals surface area contributed by atoms with Gasteiger partial charge in [0.15, 0.2) is 0 Å². The van der Waals surface area contributed by atoms with Crippen molar-refractivity contribution in [1.82, 2.24) is 0 Å². The number of thiophene rings is 1. The number of epoxide rings is 1. The Bertz CT molecular complexity index is 414. The molecule has 0 amide bonds. The molecule has 60 valence electrons. The molecule has 0 N–H and O–H groups in total. The first-order valence-electron chi connectivity index (χ1n) is 4.02. The van der Waals surface area contributed by atoms with E-state index < -0.39 is 0 Å². The lowest BCUT2D eigenvalue weighted by Crippen LogP contribution is -1.77. The second-order valence-electron chi connectivity index (χ2n) is 3.04. The van der Waals surface area contributed by atoms with E-state index >= 15 is 0 Å². The van der Waals surface area contributed by atoms with Gasteiger partial charge in [-0.2, -0.15) is 0 Å². The molecule has 1 aromatic heterocycles. The van der Waals surface area contributed by atoms with Crippen LogP contribution in [0.3, 0.4) is 0 Å². The molecule has 0 unspecified atom stereocenters. The summed E-state index contributed by atoms with van der Waals surface area (Å²) in [5.41, 5.74) is 1.32. The minimum Gasteiger partial charge on any atom is -0.368 e. The first-order chi connectivity index (χ1) is 5.93. The van der Waals surface area contributed by atoms with Crippen molar-refractivity contribution in [3.8, 4) is 0 Å². The smallest absolute Gasteiger partial charge is 0.106 e. The Morgan fingerprint density at radius 3 is 3.08 bits per heavy atom. The molecule has 1 saturated heterocycles. The Balaban J connectivity index is 2.21. The Morgan fingerprint density at radius 2 is 2.25 bits per heavy atom. The molecular formula is C10H8OS. The van der Waals surface area contributed by atoms with E-state index in [2.05, 4.69) is 29.6 Å². The predicted molar refractivity (Wildman–Crippen MR) is 50.5 cm³/mol. The van der Waals surface area contributed by atoms with Gasteiger partial charge in [0.2, 0.25) is 0 Å². The normalized spacial score (nSPS) is 21.5. The average Bonchev–Trinajstić information content (AvgIpc) is 2.84. The van der Waals surface area contributed by atoms with E-state index in [-0.39, 0.29) is 0 Å². The van der Waals surface area contributed by atoms with Crippen molar-refractivity contribution in [2.75, 3.05) is 6.61 Å². The van der Waals surface area contributed by atoms with Crippen LogP contribution in [0, 0.1) is 0 Å². The van der Waals surface area contributed by atoms with Crippen molar-refractivity contribution in [1.29, 1.82) is 0 Å². The molecule has 1 fully saturated rings. The van der Waals surface area contributed by atoms with Gasteiger partial charge in [0.1, 0.15) is 6.10 Å². The molecule has 1 aromatic carbocycles. The molecule has 0 radical (unpaired) electrons. The van der Waals surface area contributed by atoms with Crippen LogP contribution in [0.4, 0.5) is 0 Å². The van der Waals surface area contributed by atoms with Crippen molar-refractivity contribution in [3.63, 3.8) is 0 Å². The minimum absolute atomic E-state index is 0.384. The van der Waals surface area contributed by atoms with Crippen LogP contribution in [0.2, 0.25) is 0 Å². The number of benzene rings is 1. The maximum atomic E-state index is 5.22. The summed E-state index contributed by atoms with van der Waals surface area (Å²) in [6.07, 6.45) is 0.384. The molecule has 0 saturated carbocycles. The zero-order chi connectivity index (χ0) is 7.97. The third kappa shape index (κ3) is 0.958. The van der Waals surface area contributed by atoms with Crippen LogP contribution in [-0.2, 0) is 4.74 Å². The highest BCUT2D eigenvalue weighted by Gasteiger charge is 2.24. The van der Waals surface area contributed by atoms with Crippen molar-refractivity contribution in [2.45, 2.75) is 6.10 Å². The number of rotatable bonds is 1. The summed E-state index contributed by atoms with van der Waals surface area (Å²) >= 11 is 1.79. The molecule has 2 heterocycles. The Morgan fingerprint density at radius 1 is 1.33 bits per heavy atom. The van der Waals surface area contributed by atoms with Crippen LogP contribution in [0.5, 0.6) is 0 Å². The van der Waals surface area contributed by atoms with E-state index in [0.717, 1.165) is 6.61 Å². The number of fused-ring (bicyclic) bond motifs is 1. The fourth-order valence-electron chi connectivity index (χ4n) is 1.43. The molecule has 2 aromatic rings. The lowest BCUT2D eigenvalue weighted by atomic mass is 10.1. The van der Waals surface area contributed by atoms with Gasteiger partial charge in [-0.3, -0.25) is 0 Å². The van der Waals surface area contributed by atoms with Crippen LogP contribution in [0.1, 0.15) is 11.7 Å². The zero-order valence-corrected chi connectivity index (χ0v) is 7.30. The average molecular weight is 176 g/mol. The van der Waals surface area contributed by atoms with Gasteiger partial charge in [0.25, 0.3) is 0 Å².